The van der Waals surface area contributed by atoms with Gasteiger partial charge in [-0.1, -0.05) is 33.1 Å². The van der Waals surface area contributed by atoms with E-state index in [0.29, 0.717) is 5.69 Å². The predicted octanol–water partition coefficient (Wildman–Crippen LogP) is 3.60. The van der Waals surface area contributed by atoms with Crippen molar-refractivity contribution < 1.29 is 4.79 Å². The third-order valence-electron chi connectivity index (χ3n) is 3.19. The summed E-state index contributed by atoms with van der Waals surface area (Å²) in [5.41, 5.74) is 1.44. The Hall–Kier alpha value is -1.58. The normalized spacial score (nSPS) is 11.9. The molecular weight excluding hydrogens is 250 g/mol. The minimum atomic E-state index is -0.0870. The number of rotatable bonds is 9. The van der Waals surface area contributed by atoms with Crippen LogP contribution < -0.4 is 10.6 Å². The van der Waals surface area contributed by atoms with Crippen LogP contribution in [0.15, 0.2) is 18.3 Å². The molecule has 1 aromatic rings. The van der Waals surface area contributed by atoms with Gasteiger partial charge in [0, 0.05) is 12.6 Å². The van der Waals surface area contributed by atoms with Crippen LogP contribution in [0.1, 0.15) is 63.4 Å². The minimum Gasteiger partial charge on any atom is -0.384 e. The molecule has 0 radical (unpaired) electrons. The molecule has 0 aliphatic carbocycles. The van der Waals surface area contributed by atoms with E-state index in [2.05, 4.69) is 29.5 Å². The highest BCUT2D eigenvalue weighted by atomic mass is 16.1. The summed E-state index contributed by atoms with van der Waals surface area (Å²) in [5, 5.41) is 6.24. The molecule has 0 saturated carbocycles. The number of amides is 1. The molecule has 20 heavy (non-hydrogen) atoms. The number of anilines is 1. The first-order valence-electron chi connectivity index (χ1n) is 7.68. The van der Waals surface area contributed by atoms with E-state index in [4.69, 9.17) is 0 Å². The van der Waals surface area contributed by atoms with E-state index in [1.54, 1.807) is 12.3 Å². The van der Waals surface area contributed by atoms with Crippen LogP contribution in [-0.2, 0) is 0 Å². The topological polar surface area (TPSA) is 54.0 Å². The highest BCUT2D eigenvalue weighted by Gasteiger charge is 2.10. The largest absolute Gasteiger partial charge is 0.384 e. The molecule has 1 rings (SSSR count). The zero-order chi connectivity index (χ0) is 14.8. The first-order chi connectivity index (χ1) is 9.67. The second-order valence-corrected chi connectivity index (χ2v) is 5.23. The number of aromatic nitrogens is 1. The molecule has 1 unspecified atom stereocenters. The van der Waals surface area contributed by atoms with Gasteiger partial charge in [-0.15, -0.1) is 0 Å². The number of nitrogens with zero attached hydrogens (tertiary/aromatic N) is 1. The van der Waals surface area contributed by atoms with Gasteiger partial charge >= 0.3 is 0 Å². The van der Waals surface area contributed by atoms with Crippen molar-refractivity contribution in [1.82, 2.24) is 10.3 Å². The molecule has 4 nitrogen and oxygen atoms in total. The molecule has 0 saturated heterocycles. The van der Waals surface area contributed by atoms with E-state index in [1.807, 2.05) is 13.0 Å². The van der Waals surface area contributed by atoms with Gasteiger partial charge in [0.05, 0.1) is 11.9 Å². The van der Waals surface area contributed by atoms with Crippen LogP contribution in [0.2, 0.25) is 0 Å². The molecular formula is C16H27N3O. The molecule has 0 bridgehead atoms. The van der Waals surface area contributed by atoms with Crippen LogP contribution in [0, 0.1) is 0 Å². The highest BCUT2D eigenvalue weighted by molar-refractivity contribution is 5.92. The summed E-state index contributed by atoms with van der Waals surface area (Å²) in [7, 11) is 0. The first-order valence-corrected chi connectivity index (χ1v) is 7.68. The van der Waals surface area contributed by atoms with Gasteiger partial charge in [-0.25, -0.2) is 4.98 Å². The lowest BCUT2D eigenvalue weighted by molar-refractivity contribution is 0.0933. The minimum absolute atomic E-state index is 0.0870. The molecule has 1 atom stereocenters. The quantitative estimate of drug-likeness (QED) is 0.678. The van der Waals surface area contributed by atoms with Gasteiger partial charge in [0.2, 0.25) is 0 Å². The van der Waals surface area contributed by atoms with Crippen molar-refractivity contribution in [1.29, 1.82) is 0 Å². The summed E-state index contributed by atoms with van der Waals surface area (Å²) in [6.07, 6.45) is 7.38. The third kappa shape index (κ3) is 6.04. The van der Waals surface area contributed by atoms with Crippen LogP contribution in [0.3, 0.4) is 0 Å². The van der Waals surface area contributed by atoms with Crippen molar-refractivity contribution in [3.8, 4) is 0 Å². The van der Waals surface area contributed by atoms with E-state index >= 15 is 0 Å². The zero-order valence-electron chi connectivity index (χ0n) is 12.9. The Labute approximate surface area is 122 Å². The van der Waals surface area contributed by atoms with Crippen LogP contribution in [-0.4, -0.2) is 23.5 Å². The van der Waals surface area contributed by atoms with Gasteiger partial charge in [0.1, 0.15) is 5.69 Å². The molecule has 4 heteroatoms. The van der Waals surface area contributed by atoms with Crippen LogP contribution in [0.4, 0.5) is 5.69 Å². The molecule has 112 valence electrons. The van der Waals surface area contributed by atoms with Crippen LogP contribution >= 0.6 is 0 Å². The van der Waals surface area contributed by atoms with Crippen molar-refractivity contribution in [2.45, 2.75) is 58.9 Å². The number of unbranched alkanes of at least 4 members (excludes halogenated alkanes) is 2. The first kappa shape index (κ1) is 16.5. The van der Waals surface area contributed by atoms with Gasteiger partial charge < -0.3 is 10.6 Å². The average molecular weight is 277 g/mol. The number of hydrogen-bond donors (Lipinski definition) is 2. The Balaban J connectivity index is 2.42. The van der Waals surface area contributed by atoms with Crippen molar-refractivity contribution in [2.24, 2.45) is 0 Å². The Morgan fingerprint density at radius 2 is 2.05 bits per heavy atom. The Kier molecular flexibility index (Phi) is 7.70. The summed E-state index contributed by atoms with van der Waals surface area (Å²) in [4.78, 5) is 16.2. The molecule has 1 amide bonds. The standard InChI is InChI=1S/C16H27N3O/c1-4-6-7-8-13(3)19-16(20)15-10-9-14(12-18-15)17-11-5-2/h9-10,12-13,17H,4-8,11H2,1-3H3,(H,19,20). The third-order valence-corrected chi connectivity index (χ3v) is 3.19. The maximum Gasteiger partial charge on any atom is 0.270 e. The molecule has 0 aliphatic rings. The molecule has 1 heterocycles. The van der Waals surface area contributed by atoms with E-state index in [9.17, 15) is 4.79 Å². The molecule has 2 N–H and O–H groups in total. The number of pyridine rings is 1. The zero-order valence-corrected chi connectivity index (χ0v) is 12.9. The Morgan fingerprint density at radius 1 is 1.25 bits per heavy atom. The van der Waals surface area contributed by atoms with E-state index in [0.717, 1.165) is 31.5 Å². The molecule has 0 aromatic carbocycles. The predicted molar refractivity (Wildman–Crippen MR) is 84.1 cm³/mol. The number of nitrogens with one attached hydrogen (secondary N) is 2. The fraction of sp³-hybridized carbons (Fsp3) is 0.625. The maximum absolute atomic E-state index is 12.0. The lowest BCUT2D eigenvalue weighted by Gasteiger charge is -2.13. The van der Waals surface area contributed by atoms with Gasteiger partial charge in [-0.3, -0.25) is 4.79 Å². The van der Waals surface area contributed by atoms with Gasteiger partial charge in [-0.2, -0.15) is 0 Å². The van der Waals surface area contributed by atoms with E-state index in [-0.39, 0.29) is 11.9 Å². The smallest absolute Gasteiger partial charge is 0.270 e. The van der Waals surface area contributed by atoms with E-state index in [1.165, 1.54) is 12.8 Å². The highest BCUT2D eigenvalue weighted by Crippen LogP contribution is 2.07. The van der Waals surface area contributed by atoms with Crippen molar-refractivity contribution in [3.63, 3.8) is 0 Å². The van der Waals surface area contributed by atoms with Crippen LogP contribution in [0.5, 0.6) is 0 Å². The molecule has 0 fully saturated rings. The summed E-state index contributed by atoms with van der Waals surface area (Å²) < 4.78 is 0. The molecule has 0 aliphatic heterocycles. The summed E-state index contributed by atoms with van der Waals surface area (Å²) in [6, 6.07) is 3.87. The maximum atomic E-state index is 12.0. The SMILES string of the molecule is CCCCCC(C)NC(=O)c1ccc(NCCC)cn1. The van der Waals surface area contributed by atoms with Gasteiger partial charge in [0.15, 0.2) is 0 Å². The Bertz CT molecular complexity index is 389. The fourth-order valence-electron chi connectivity index (χ4n) is 1.97. The molecule has 0 spiro atoms. The number of carbonyl (C=O) groups excluding carboxylic acids is 1. The summed E-state index contributed by atoms with van der Waals surface area (Å²) in [6.45, 7) is 7.26. The van der Waals surface area contributed by atoms with Crippen molar-refractivity contribution in [2.75, 3.05) is 11.9 Å². The summed E-state index contributed by atoms with van der Waals surface area (Å²) >= 11 is 0. The van der Waals surface area contributed by atoms with Crippen LogP contribution in [0.25, 0.3) is 0 Å². The van der Waals surface area contributed by atoms with Crippen molar-refractivity contribution in [3.05, 3.63) is 24.0 Å². The van der Waals surface area contributed by atoms with E-state index < -0.39 is 0 Å². The van der Waals surface area contributed by atoms with Gasteiger partial charge in [0.25, 0.3) is 5.91 Å². The lowest BCUT2D eigenvalue weighted by atomic mass is 10.1. The second-order valence-electron chi connectivity index (χ2n) is 5.23. The number of carbonyl (C=O) groups is 1. The fourth-order valence-corrected chi connectivity index (χ4v) is 1.97. The monoisotopic (exact) mass is 277 g/mol. The average Bonchev–Trinajstić information content (AvgIpc) is 2.46. The lowest BCUT2D eigenvalue weighted by Crippen LogP contribution is -2.33. The Morgan fingerprint density at radius 3 is 2.65 bits per heavy atom. The molecule has 1 aromatic heterocycles. The van der Waals surface area contributed by atoms with Crippen molar-refractivity contribution >= 4 is 11.6 Å². The van der Waals surface area contributed by atoms with Gasteiger partial charge in [-0.05, 0) is 31.9 Å². The number of hydrogen-bond acceptors (Lipinski definition) is 3. The summed E-state index contributed by atoms with van der Waals surface area (Å²) in [5.74, 6) is -0.0870. The second kappa shape index (κ2) is 9.34.